The number of halogens is 3. The number of anilines is 3. The normalized spacial score (nSPS) is 15.9. The molecule has 0 bridgehead atoms. The SMILES string of the molecule is C=C1Cc2ccc(Cc3cccc(NC(=O)c4cc(N5CCN(C)CC5)cc(C(F)(F)F)c4)c3)cc2N1. The minimum Gasteiger partial charge on any atom is -0.369 e. The predicted molar refractivity (Wildman–Crippen MR) is 141 cm³/mol. The second kappa shape index (κ2) is 9.94. The second-order valence-corrected chi connectivity index (χ2v) is 9.78. The molecule has 1 saturated heterocycles. The molecular weight excluding hydrogens is 477 g/mol. The van der Waals surface area contributed by atoms with Crippen LogP contribution in [0.5, 0.6) is 0 Å². The molecular formula is C29H29F3N4O. The number of carbonyl (C=O) groups excluding carboxylic acids is 1. The minimum absolute atomic E-state index is 0.0147. The van der Waals surface area contributed by atoms with E-state index < -0.39 is 17.6 Å². The fourth-order valence-electron chi connectivity index (χ4n) is 4.82. The Labute approximate surface area is 214 Å². The Morgan fingerprint density at radius 1 is 1.00 bits per heavy atom. The number of rotatable bonds is 5. The van der Waals surface area contributed by atoms with E-state index in [1.54, 1.807) is 12.1 Å². The highest BCUT2D eigenvalue weighted by atomic mass is 19.4. The van der Waals surface area contributed by atoms with Gasteiger partial charge in [0.1, 0.15) is 0 Å². The third-order valence-corrected chi connectivity index (χ3v) is 6.86. The molecule has 3 aromatic carbocycles. The van der Waals surface area contributed by atoms with E-state index in [1.807, 2.05) is 30.1 Å². The third-order valence-electron chi connectivity index (χ3n) is 6.86. The number of benzene rings is 3. The van der Waals surface area contributed by atoms with E-state index in [2.05, 4.69) is 40.3 Å². The topological polar surface area (TPSA) is 47.6 Å². The molecule has 3 aromatic rings. The molecule has 0 spiro atoms. The summed E-state index contributed by atoms with van der Waals surface area (Å²) in [5, 5.41) is 6.08. The van der Waals surface area contributed by atoms with Crippen LogP contribution >= 0.6 is 0 Å². The summed E-state index contributed by atoms with van der Waals surface area (Å²) in [6.45, 7) is 6.69. The lowest BCUT2D eigenvalue weighted by atomic mass is 10.0. The average Bonchev–Trinajstić information content (AvgIpc) is 3.23. The van der Waals surface area contributed by atoms with Crippen molar-refractivity contribution in [1.82, 2.24) is 4.90 Å². The molecule has 1 fully saturated rings. The second-order valence-electron chi connectivity index (χ2n) is 9.78. The Morgan fingerprint density at radius 2 is 1.76 bits per heavy atom. The van der Waals surface area contributed by atoms with Gasteiger partial charge >= 0.3 is 6.18 Å². The zero-order chi connectivity index (χ0) is 26.2. The van der Waals surface area contributed by atoms with Crippen molar-refractivity contribution in [2.45, 2.75) is 19.0 Å². The molecule has 0 aliphatic carbocycles. The van der Waals surface area contributed by atoms with Crippen LogP contribution in [-0.2, 0) is 19.0 Å². The molecule has 5 rings (SSSR count). The molecule has 8 heteroatoms. The van der Waals surface area contributed by atoms with Gasteiger partial charge in [0.25, 0.3) is 5.91 Å². The highest BCUT2D eigenvalue weighted by Crippen LogP contribution is 2.34. The Balaban J connectivity index is 1.34. The first-order valence-electron chi connectivity index (χ1n) is 12.3. The van der Waals surface area contributed by atoms with E-state index in [4.69, 9.17) is 0 Å². The molecule has 0 atom stereocenters. The smallest absolute Gasteiger partial charge is 0.369 e. The first-order valence-corrected chi connectivity index (χ1v) is 12.3. The molecule has 0 aromatic heterocycles. The molecule has 37 heavy (non-hydrogen) atoms. The van der Waals surface area contributed by atoms with Crippen LogP contribution in [0.3, 0.4) is 0 Å². The van der Waals surface area contributed by atoms with Gasteiger partial charge in [0.2, 0.25) is 0 Å². The molecule has 1 amide bonds. The maximum absolute atomic E-state index is 13.7. The maximum Gasteiger partial charge on any atom is 0.416 e. The molecule has 192 valence electrons. The van der Waals surface area contributed by atoms with Crippen molar-refractivity contribution >= 4 is 23.0 Å². The van der Waals surface area contributed by atoms with Crippen LogP contribution in [0.15, 0.2) is 72.9 Å². The van der Waals surface area contributed by atoms with E-state index in [-0.39, 0.29) is 5.56 Å². The Morgan fingerprint density at radius 3 is 2.51 bits per heavy atom. The van der Waals surface area contributed by atoms with E-state index in [1.165, 1.54) is 5.56 Å². The van der Waals surface area contributed by atoms with Crippen LogP contribution in [0, 0.1) is 0 Å². The minimum atomic E-state index is -4.55. The van der Waals surface area contributed by atoms with Gasteiger partial charge in [-0.15, -0.1) is 0 Å². The number of nitrogens with zero attached hydrogens (tertiary/aromatic N) is 2. The molecule has 0 unspecified atom stereocenters. The van der Waals surface area contributed by atoms with Gasteiger partial charge < -0.3 is 20.4 Å². The number of piperazine rings is 1. The summed E-state index contributed by atoms with van der Waals surface area (Å²) in [7, 11) is 1.98. The van der Waals surface area contributed by atoms with Gasteiger partial charge in [-0.2, -0.15) is 13.2 Å². The van der Waals surface area contributed by atoms with Crippen LogP contribution < -0.4 is 15.5 Å². The van der Waals surface area contributed by atoms with Gasteiger partial charge in [0, 0.05) is 60.9 Å². The fraction of sp³-hybridized carbons (Fsp3) is 0.276. The lowest BCUT2D eigenvalue weighted by Crippen LogP contribution is -2.44. The van der Waals surface area contributed by atoms with Crippen molar-refractivity contribution < 1.29 is 18.0 Å². The first kappa shape index (κ1) is 24.9. The van der Waals surface area contributed by atoms with Crippen molar-refractivity contribution in [3.05, 3.63) is 101 Å². The Hall–Kier alpha value is -3.78. The highest BCUT2D eigenvalue weighted by molar-refractivity contribution is 6.05. The number of hydrogen-bond donors (Lipinski definition) is 2. The quantitative estimate of drug-likeness (QED) is 0.461. The summed E-state index contributed by atoms with van der Waals surface area (Å²) >= 11 is 0. The zero-order valence-corrected chi connectivity index (χ0v) is 20.7. The van der Waals surface area contributed by atoms with Crippen molar-refractivity contribution in [1.29, 1.82) is 0 Å². The number of hydrogen-bond acceptors (Lipinski definition) is 4. The number of likely N-dealkylation sites (N-methyl/N-ethyl adjacent to an activating group) is 1. The van der Waals surface area contributed by atoms with E-state index >= 15 is 0 Å². The molecule has 0 saturated carbocycles. The Bertz CT molecular complexity index is 1340. The summed E-state index contributed by atoms with van der Waals surface area (Å²) in [6.07, 6.45) is -3.07. The molecule has 2 heterocycles. The summed E-state index contributed by atoms with van der Waals surface area (Å²) in [5.41, 5.74) is 5.45. The number of nitrogens with one attached hydrogen (secondary N) is 2. The van der Waals surface area contributed by atoms with Crippen LogP contribution in [0.1, 0.15) is 32.6 Å². The van der Waals surface area contributed by atoms with E-state index in [0.29, 0.717) is 30.9 Å². The van der Waals surface area contributed by atoms with Gasteiger partial charge in [-0.05, 0) is 66.6 Å². The zero-order valence-electron chi connectivity index (χ0n) is 20.7. The van der Waals surface area contributed by atoms with Gasteiger partial charge in [0.15, 0.2) is 0 Å². The largest absolute Gasteiger partial charge is 0.416 e. The number of allylic oxidation sites excluding steroid dienone is 1. The van der Waals surface area contributed by atoms with Gasteiger partial charge in [-0.25, -0.2) is 0 Å². The summed E-state index contributed by atoms with van der Waals surface area (Å²) in [5.74, 6) is -0.570. The van der Waals surface area contributed by atoms with Gasteiger partial charge in [-0.1, -0.05) is 30.8 Å². The summed E-state index contributed by atoms with van der Waals surface area (Å²) in [4.78, 5) is 17.1. The van der Waals surface area contributed by atoms with Crippen molar-refractivity contribution in [2.75, 3.05) is 48.8 Å². The van der Waals surface area contributed by atoms with Crippen molar-refractivity contribution in [3.63, 3.8) is 0 Å². The molecule has 5 nitrogen and oxygen atoms in total. The van der Waals surface area contributed by atoms with Gasteiger partial charge in [-0.3, -0.25) is 4.79 Å². The van der Waals surface area contributed by atoms with E-state index in [0.717, 1.165) is 54.2 Å². The highest BCUT2D eigenvalue weighted by Gasteiger charge is 2.32. The lowest BCUT2D eigenvalue weighted by Gasteiger charge is -2.34. The predicted octanol–water partition coefficient (Wildman–Crippen LogP) is 5.78. The Kier molecular flexibility index (Phi) is 6.69. The molecule has 2 aliphatic rings. The molecule has 2 aliphatic heterocycles. The molecule has 2 N–H and O–H groups in total. The maximum atomic E-state index is 13.7. The van der Waals surface area contributed by atoms with Crippen LogP contribution in [0.2, 0.25) is 0 Å². The first-order chi connectivity index (χ1) is 17.6. The number of carbonyl (C=O) groups is 1. The summed E-state index contributed by atoms with van der Waals surface area (Å²) < 4.78 is 41.0. The molecule has 0 radical (unpaired) electrons. The van der Waals surface area contributed by atoms with Gasteiger partial charge in [0.05, 0.1) is 5.56 Å². The van der Waals surface area contributed by atoms with Crippen LogP contribution in [0.25, 0.3) is 0 Å². The fourth-order valence-corrected chi connectivity index (χ4v) is 4.82. The van der Waals surface area contributed by atoms with Crippen molar-refractivity contribution in [2.24, 2.45) is 0 Å². The van der Waals surface area contributed by atoms with Crippen LogP contribution in [-0.4, -0.2) is 44.0 Å². The number of alkyl halides is 3. The lowest BCUT2D eigenvalue weighted by molar-refractivity contribution is -0.137. The van der Waals surface area contributed by atoms with Crippen molar-refractivity contribution in [3.8, 4) is 0 Å². The van der Waals surface area contributed by atoms with E-state index in [9.17, 15) is 18.0 Å². The monoisotopic (exact) mass is 506 g/mol. The number of amides is 1. The summed E-state index contributed by atoms with van der Waals surface area (Å²) in [6, 6.07) is 17.3. The van der Waals surface area contributed by atoms with Crippen LogP contribution in [0.4, 0.5) is 30.2 Å². The number of fused-ring (bicyclic) bond motifs is 1. The average molecular weight is 507 g/mol. The standard InChI is InChI=1S/C29H29F3N4O/c1-19-12-22-7-6-21(15-27(22)33-19)13-20-4-3-5-25(14-20)34-28(37)23-16-24(29(30,31)32)18-26(17-23)36-10-8-35(2)9-11-36/h3-7,14-18,33H,1,8-13H2,2H3,(H,34,37). The third kappa shape index (κ3) is 5.80.